The van der Waals surface area contributed by atoms with Crippen LogP contribution in [0, 0.1) is 0 Å². The molecular formula is C22H23NO. The summed E-state index contributed by atoms with van der Waals surface area (Å²) in [6.07, 6.45) is 0.165. The highest BCUT2D eigenvalue weighted by Crippen LogP contribution is 2.26. The molecule has 0 bridgehead atoms. The van der Waals surface area contributed by atoms with E-state index in [2.05, 4.69) is 59.9 Å². The first-order valence-electron chi connectivity index (χ1n) is 8.36. The number of anilines is 1. The maximum atomic E-state index is 5.85. The standard InChI is InChI=1S/C22H23NO/c1-17(2)24-22-11-7-6-10-21(22)23-16-18-12-14-20(15-13-18)19-8-4-3-5-9-19/h3-15,17,23H,16H2,1-2H3. The van der Waals surface area contributed by atoms with E-state index in [4.69, 9.17) is 4.74 Å². The van der Waals surface area contributed by atoms with Gasteiger partial charge in [-0.1, -0.05) is 66.7 Å². The topological polar surface area (TPSA) is 21.3 Å². The van der Waals surface area contributed by atoms with E-state index in [-0.39, 0.29) is 6.10 Å². The summed E-state index contributed by atoms with van der Waals surface area (Å²) in [6, 6.07) is 27.2. The average Bonchev–Trinajstić information content (AvgIpc) is 2.62. The minimum Gasteiger partial charge on any atom is -0.489 e. The predicted molar refractivity (Wildman–Crippen MR) is 101 cm³/mol. The first kappa shape index (κ1) is 16.1. The van der Waals surface area contributed by atoms with Gasteiger partial charge in [-0.25, -0.2) is 0 Å². The lowest BCUT2D eigenvalue weighted by Crippen LogP contribution is -2.08. The molecule has 2 heteroatoms. The summed E-state index contributed by atoms with van der Waals surface area (Å²) in [5.41, 5.74) is 4.75. The summed E-state index contributed by atoms with van der Waals surface area (Å²) in [5, 5.41) is 3.47. The van der Waals surface area contributed by atoms with Gasteiger partial charge < -0.3 is 10.1 Å². The van der Waals surface area contributed by atoms with Crippen molar-refractivity contribution in [2.24, 2.45) is 0 Å². The molecule has 0 heterocycles. The number of nitrogens with one attached hydrogen (secondary N) is 1. The van der Waals surface area contributed by atoms with E-state index >= 15 is 0 Å². The predicted octanol–water partition coefficient (Wildman–Crippen LogP) is 5.75. The summed E-state index contributed by atoms with van der Waals surface area (Å²) in [4.78, 5) is 0. The summed E-state index contributed by atoms with van der Waals surface area (Å²) >= 11 is 0. The van der Waals surface area contributed by atoms with Gasteiger partial charge in [-0.2, -0.15) is 0 Å². The lowest BCUT2D eigenvalue weighted by molar-refractivity contribution is 0.243. The summed E-state index contributed by atoms with van der Waals surface area (Å²) < 4.78 is 5.85. The zero-order chi connectivity index (χ0) is 16.8. The van der Waals surface area contributed by atoms with Gasteiger partial charge in [-0.3, -0.25) is 0 Å². The van der Waals surface area contributed by atoms with E-state index in [1.165, 1.54) is 16.7 Å². The Hall–Kier alpha value is -2.74. The van der Waals surface area contributed by atoms with E-state index < -0.39 is 0 Å². The van der Waals surface area contributed by atoms with Gasteiger partial charge in [0.2, 0.25) is 0 Å². The first-order chi connectivity index (χ1) is 11.7. The Balaban J connectivity index is 1.67. The van der Waals surface area contributed by atoms with Gasteiger partial charge in [0.05, 0.1) is 11.8 Å². The molecule has 3 aromatic rings. The van der Waals surface area contributed by atoms with Crippen LogP contribution in [0.25, 0.3) is 11.1 Å². The number of hydrogen-bond donors (Lipinski definition) is 1. The minimum atomic E-state index is 0.165. The van der Waals surface area contributed by atoms with Crippen LogP contribution in [0.3, 0.4) is 0 Å². The zero-order valence-electron chi connectivity index (χ0n) is 14.2. The highest BCUT2D eigenvalue weighted by molar-refractivity contribution is 5.63. The number of hydrogen-bond acceptors (Lipinski definition) is 2. The molecule has 2 nitrogen and oxygen atoms in total. The van der Waals surface area contributed by atoms with Gasteiger partial charge in [0.1, 0.15) is 5.75 Å². The first-order valence-corrected chi connectivity index (χ1v) is 8.36. The number of benzene rings is 3. The van der Waals surface area contributed by atoms with E-state index in [1.807, 2.05) is 38.1 Å². The molecule has 3 rings (SSSR count). The average molecular weight is 317 g/mol. The molecule has 0 spiro atoms. The Morgan fingerprint density at radius 3 is 2.08 bits per heavy atom. The Morgan fingerprint density at radius 1 is 0.750 bits per heavy atom. The van der Waals surface area contributed by atoms with Gasteiger partial charge in [-0.05, 0) is 42.7 Å². The maximum Gasteiger partial charge on any atom is 0.142 e. The molecule has 0 saturated carbocycles. The summed E-state index contributed by atoms with van der Waals surface area (Å²) in [7, 11) is 0. The number of ether oxygens (including phenoxy) is 1. The van der Waals surface area contributed by atoms with Crippen molar-refractivity contribution < 1.29 is 4.74 Å². The van der Waals surface area contributed by atoms with Gasteiger partial charge in [-0.15, -0.1) is 0 Å². The quantitative estimate of drug-likeness (QED) is 0.624. The zero-order valence-corrected chi connectivity index (χ0v) is 14.2. The van der Waals surface area contributed by atoms with E-state index in [9.17, 15) is 0 Å². The fraction of sp³-hybridized carbons (Fsp3) is 0.182. The van der Waals surface area contributed by atoms with Crippen LogP contribution in [0.2, 0.25) is 0 Å². The molecule has 0 saturated heterocycles. The minimum absolute atomic E-state index is 0.165. The lowest BCUT2D eigenvalue weighted by atomic mass is 10.0. The van der Waals surface area contributed by atoms with Crippen molar-refractivity contribution in [1.29, 1.82) is 0 Å². The number of rotatable bonds is 6. The Kier molecular flexibility index (Phi) is 5.17. The molecule has 0 aliphatic rings. The third-order valence-electron chi connectivity index (χ3n) is 3.79. The van der Waals surface area contributed by atoms with Crippen LogP contribution >= 0.6 is 0 Å². The molecule has 0 unspecified atom stereocenters. The van der Waals surface area contributed by atoms with Gasteiger partial charge in [0.25, 0.3) is 0 Å². The summed E-state index contributed by atoms with van der Waals surface area (Å²) in [6.45, 7) is 4.85. The maximum absolute atomic E-state index is 5.85. The van der Waals surface area contributed by atoms with Crippen LogP contribution in [0.4, 0.5) is 5.69 Å². The molecule has 0 radical (unpaired) electrons. The summed E-state index contributed by atoms with van der Waals surface area (Å²) in [5.74, 6) is 0.897. The molecular weight excluding hydrogens is 294 g/mol. The van der Waals surface area contributed by atoms with Gasteiger partial charge in [0, 0.05) is 6.54 Å². The highest BCUT2D eigenvalue weighted by atomic mass is 16.5. The fourth-order valence-corrected chi connectivity index (χ4v) is 2.61. The van der Waals surface area contributed by atoms with Crippen molar-refractivity contribution in [1.82, 2.24) is 0 Å². The molecule has 0 aliphatic carbocycles. The van der Waals surface area contributed by atoms with Crippen LogP contribution in [0.15, 0.2) is 78.9 Å². The van der Waals surface area contributed by atoms with Crippen molar-refractivity contribution in [3.8, 4) is 16.9 Å². The second-order valence-corrected chi connectivity index (χ2v) is 6.08. The van der Waals surface area contributed by atoms with E-state index in [0.29, 0.717) is 0 Å². The normalized spacial score (nSPS) is 10.6. The Bertz CT molecular complexity index is 763. The van der Waals surface area contributed by atoms with Crippen molar-refractivity contribution >= 4 is 5.69 Å². The highest BCUT2D eigenvalue weighted by Gasteiger charge is 2.05. The third-order valence-corrected chi connectivity index (χ3v) is 3.79. The van der Waals surface area contributed by atoms with Crippen molar-refractivity contribution in [2.45, 2.75) is 26.5 Å². The SMILES string of the molecule is CC(C)Oc1ccccc1NCc1ccc(-c2ccccc2)cc1. The van der Waals surface area contributed by atoms with Crippen molar-refractivity contribution in [3.05, 3.63) is 84.4 Å². The molecule has 122 valence electrons. The Labute approximate surface area is 144 Å². The van der Waals surface area contributed by atoms with Gasteiger partial charge in [0.15, 0.2) is 0 Å². The molecule has 1 N–H and O–H groups in total. The largest absolute Gasteiger partial charge is 0.489 e. The lowest BCUT2D eigenvalue weighted by Gasteiger charge is -2.15. The molecule has 0 fully saturated rings. The van der Waals surface area contributed by atoms with Crippen LogP contribution in [-0.2, 0) is 6.54 Å². The molecule has 0 amide bonds. The van der Waals surface area contributed by atoms with Crippen LogP contribution < -0.4 is 10.1 Å². The Morgan fingerprint density at radius 2 is 1.38 bits per heavy atom. The second-order valence-electron chi connectivity index (χ2n) is 6.08. The molecule has 24 heavy (non-hydrogen) atoms. The smallest absolute Gasteiger partial charge is 0.142 e. The molecule has 0 aromatic heterocycles. The van der Waals surface area contributed by atoms with E-state index in [0.717, 1.165) is 18.0 Å². The van der Waals surface area contributed by atoms with Gasteiger partial charge >= 0.3 is 0 Å². The van der Waals surface area contributed by atoms with Crippen LogP contribution in [-0.4, -0.2) is 6.10 Å². The van der Waals surface area contributed by atoms with Crippen molar-refractivity contribution in [2.75, 3.05) is 5.32 Å². The molecule has 0 atom stereocenters. The monoisotopic (exact) mass is 317 g/mol. The second kappa shape index (κ2) is 7.69. The van der Waals surface area contributed by atoms with Crippen LogP contribution in [0.5, 0.6) is 5.75 Å². The molecule has 0 aliphatic heterocycles. The van der Waals surface area contributed by atoms with Crippen LogP contribution in [0.1, 0.15) is 19.4 Å². The third kappa shape index (κ3) is 4.17. The fourth-order valence-electron chi connectivity index (χ4n) is 2.61. The molecule has 3 aromatic carbocycles. The van der Waals surface area contributed by atoms with Crippen molar-refractivity contribution in [3.63, 3.8) is 0 Å². The number of para-hydroxylation sites is 2. The van der Waals surface area contributed by atoms with E-state index in [1.54, 1.807) is 0 Å².